The molecule has 0 aliphatic heterocycles. The van der Waals surface area contributed by atoms with Crippen molar-refractivity contribution in [1.29, 1.82) is 5.26 Å². The lowest BCUT2D eigenvalue weighted by Crippen LogP contribution is -2.52. The summed E-state index contributed by atoms with van der Waals surface area (Å²) in [5, 5.41) is 8.86. The zero-order chi connectivity index (χ0) is 8.06. The second-order valence-electron chi connectivity index (χ2n) is 3.73. The SMILES string of the molecule is CC1C(=O)[C@]2(C#N)CCC[C@H]12. The summed E-state index contributed by atoms with van der Waals surface area (Å²) >= 11 is 0. The molecular formula is C9H11NO. The fourth-order valence-corrected chi connectivity index (χ4v) is 2.70. The first-order valence-electron chi connectivity index (χ1n) is 4.18. The third-order valence-corrected chi connectivity index (χ3v) is 3.38. The molecule has 2 rings (SSSR count). The first-order chi connectivity index (χ1) is 5.22. The van der Waals surface area contributed by atoms with Crippen LogP contribution in [0.4, 0.5) is 0 Å². The molecule has 3 atom stereocenters. The molecule has 2 nitrogen and oxygen atoms in total. The highest BCUT2D eigenvalue weighted by Crippen LogP contribution is 2.57. The first kappa shape index (κ1) is 6.84. The number of hydrogen-bond acceptors (Lipinski definition) is 2. The molecule has 11 heavy (non-hydrogen) atoms. The van der Waals surface area contributed by atoms with Crippen molar-refractivity contribution in [3.8, 4) is 6.07 Å². The number of ketones is 1. The van der Waals surface area contributed by atoms with Gasteiger partial charge in [0.1, 0.15) is 5.41 Å². The number of hydrogen-bond donors (Lipinski definition) is 0. The Morgan fingerprint density at radius 1 is 1.73 bits per heavy atom. The van der Waals surface area contributed by atoms with Crippen molar-refractivity contribution >= 4 is 5.78 Å². The van der Waals surface area contributed by atoms with Gasteiger partial charge in [0.05, 0.1) is 6.07 Å². The van der Waals surface area contributed by atoms with Gasteiger partial charge >= 0.3 is 0 Å². The van der Waals surface area contributed by atoms with Gasteiger partial charge in [0.2, 0.25) is 0 Å². The molecule has 0 N–H and O–H groups in total. The van der Waals surface area contributed by atoms with Crippen LogP contribution in [-0.2, 0) is 4.79 Å². The summed E-state index contributed by atoms with van der Waals surface area (Å²) in [5.74, 6) is 0.750. The third kappa shape index (κ3) is 0.552. The average molecular weight is 149 g/mol. The molecule has 2 aliphatic carbocycles. The topological polar surface area (TPSA) is 40.9 Å². The fourth-order valence-electron chi connectivity index (χ4n) is 2.70. The van der Waals surface area contributed by atoms with E-state index in [1.165, 1.54) is 0 Å². The van der Waals surface area contributed by atoms with Crippen molar-refractivity contribution in [2.75, 3.05) is 0 Å². The number of carbonyl (C=O) groups is 1. The Morgan fingerprint density at radius 2 is 2.45 bits per heavy atom. The van der Waals surface area contributed by atoms with Gasteiger partial charge in [-0.25, -0.2) is 0 Å². The predicted molar refractivity (Wildman–Crippen MR) is 39.6 cm³/mol. The average Bonchev–Trinajstić information content (AvgIpc) is 2.43. The lowest BCUT2D eigenvalue weighted by molar-refractivity contribution is -0.146. The summed E-state index contributed by atoms with van der Waals surface area (Å²) < 4.78 is 0. The number of nitriles is 1. The van der Waals surface area contributed by atoms with Crippen LogP contribution in [0, 0.1) is 28.6 Å². The van der Waals surface area contributed by atoms with Crippen LogP contribution in [0.3, 0.4) is 0 Å². The zero-order valence-electron chi connectivity index (χ0n) is 6.63. The second kappa shape index (κ2) is 1.85. The lowest BCUT2D eigenvalue weighted by atomic mass is 9.56. The highest BCUT2D eigenvalue weighted by atomic mass is 16.1. The van der Waals surface area contributed by atoms with Crippen LogP contribution < -0.4 is 0 Å². The highest BCUT2D eigenvalue weighted by Gasteiger charge is 2.62. The normalized spacial score (nSPS) is 47.8. The quantitative estimate of drug-likeness (QED) is 0.524. The Kier molecular flexibility index (Phi) is 1.15. The van der Waals surface area contributed by atoms with Crippen LogP contribution in [0.2, 0.25) is 0 Å². The van der Waals surface area contributed by atoms with Gasteiger partial charge in [0, 0.05) is 5.92 Å². The molecule has 0 heterocycles. The fraction of sp³-hybridized carbons (Fsp3) is 0.778. The molecule has 0 spiro atoms. The minimum atomic E-state index is -0.528. The third-order valence-electron chi connectivity index (χ3n) is 3.38. The first-order valence-corrected chi connectivity index (χ1v) is 4.18. The minimum absolute atomic E-state index is 0.164. The summed E-state index contributed by atoms with van der Waals surface area (Å²) in [6.45, 7) is 1.95. The monoisotopic (exact) mass is 149 g/mol. The van der Waals surface area contributed by atoms with Crippen LogP contribution >= 0.6 is 0 Å². The van der Waals surface area contributed by atoms with E-state index in [0.29, 0.717) is 5.92 Å². The number of rotatable bonds is 0. The van der Waals surface area contributed by atoms with Crippen LogP contribution in [0.15, 0.2) is 0 Å². The molecular weight excluding hydrogens is 138 g/mol. The van der Waals surface area contributed by atoms with Crippen molar-refractivity contribution in [2.24, 2.45) is 17.3 Å². The summed E-state index contributed by atoms with van der Waals surface area (Å²) in [4.78, 5) is 11.4. The maximum Gasteiger partial charge on any atom is 0.156 e. The van der Waals surface area contributed by atoms with Crippen molar-refractivity contribution in [3.05, 3.63) is 0 Å². The molecule has 0 radical (unpaired) electrons. The number of carbonyl (C=O) groups excluding carboxylic acids is 1. The van der Waals surface area contributed by atoms with E-state index < -0.39 is 5.41 Å². The van der Waals surface area contributed by atoms with Crippen molar-refractivity contribution in [2.45, 2.75) is 26.2 Å². The summed E-state index contributed by atoms with van der Waals surface area (Å²) in [5.41, 5.74) is -0.528. The van der Waals surface area contributed by atoms with E-state index in [9.17, 15) is 4.79 Å². The van der Waals surface area contributed by atoms with E-state index >= 15 is 0 Å². The molecule has 0 saturated heterocycles. The van der Waals surface area contributed by atoms with Gasteiger partial charge < -0.3 is 0 Å². The molecule has 0 aromatic rings. The highest BCUT2D eigenvalue weighted by molar-refractivity contribution is 5.96. The van der Waals surface area contributed by atoms with Gasteiger partial charge in [0.25, 0.3) is 0 Å². The van der Waals surface area contributed by atoms with Gasteiger partial charge in [0.15, 0.2) is 5.78 Å². The van der Waals surface area contributed by atoms with Crippen LogP contribution in [0.5, 0.6) is 0 Å². The molecule has 2 fully saturated rings. The Hall–Kier alpha value is -0.840. The molecule has 0 aromatic carbocycles. The van der Waals surface area contributed by atoms with Crippen LogP contribution in [-0.4, -0.2) is 5.78 Å². The maximum atomic E-state index is 11.4. The van der Waals surface area contributed by atoms with E-state index in [1.54, 1.807) is 0 Å². The van der Waals surface area contributed by atoms with Gasteiger partial charge in [-0.1, -0.05) is 13.3 Å². The zero-order valence-corrected chi connectivity index (χ0v) is 6.63. The molecule has 1 unspecified atom stereocenters. The lowest BCUT2D eigenvalue weighted by Gasteiger charge is -2.43. The minimum Gasteiger partial charge on any atom is -0.298 e. The smallest absolute Gasteiger partial charge is 0.156 e. The molecule has 58 valence electrons. The van der Waals surface area contributed by atoms with Gasteiger partial charge in [-0.2, -0.15) is 5.26 Å². The molecule has 0 amide bonds. The summed E-state index contributed by atoms with van der Waals surface area (Å²) in [7, 11) is 0. The Balaban J connectivity index is 2.34. The second-order valence-corrected chi connectivity index (χ2v) is 3.73. The Labute approximate surface area is 66.2 Å². The maximum absolute atomic E-state index is 11.4. The van der Waals surface area contributed by atoms with Crippen molar-refractivity contribution in [3.63, 3.8) is 0 Å². The molecule has 2 heteroatoms. The summed E-state index contributed by atoms with van der Waals surface area (Å²) in [6.07, 6.45) is 2.96. The van der Waals surface area contributed by atoms with Crippen LogP contribution in [0.1, 0.15) is 26.2 Å². The Morgan fingerprint density at radius 3 is 3.00 bits per heavy atom. The van der Waals surface area contributed by atoms with Crippen LogP contribution in [0.25, 0.3) is 0 Å². The predicted octanol–water partition coefficient (Wildman–Crippen LogP) is 1.52. The molecule has 2 aliphatic rings. The standard InChI is InChI=1S/C9H11NO/c1-6-7-3-2-4-9(7,5-10)8(6)11/h6-7H,2-4H2,1H3/t6?,7-,9+/m1/s1. The van der Waals surface area contributed by atoms with Gasteiger partial charge in [-0.3, -0.25) is 4.79 Å². The molecule has 0 aromatic heterocycles. The van der Waals surface area contributed by atoms with E-state index in [-0.39, 0.29) is 11.7 Å². The van der Waals surface area contributed by atoms with E-state index in [4.69, 9.17) is 5.26 Å². The van der Waals surface area contributed by atoms with E-state index in [0.717, 1.165) is 19.3 Å². The number of nitrogens with zero attached hydrogens (tertiary/aromatic N) is 1. The van der Waals surface area contributed by atoms with E-state index in [1.807, 2.05) is 6.92 Å². The Bertz CT molecular complexity index is 253. The molecule has 0 bridgehead atoms. The van der Waals surface area contributed by atoms with Crippen molar-refractivity contribution in [1.82, 2.24) is 0 Å². The summed E-state index contributed by atoms with van der Waals surface area (Å²) in [6, 6.07) is 2.21. The van der Waals surface area contributed by atoms with Gasteiger partial charge in [-0.15, -0.1) is 0 Å². The van der Waals surface area contributed by atoms with E-state index in [2.05, 4.69) is 6.07 Å². The number of fused-ring (bicyclic) bond motifs is 1. The van der Waals surface area contributed by atoms with Crippen molar-refractivity contribution < 1.29 is 4.79 Å². The van der Waals surface area contributed by atoms with Gasteiger partial charge in [-0.05, 0) is 18.8 Å². The molecule has 2 saturated carbocycles. The number of Topliss-reactive ketones (excluding diaryl/α,β-unsaturated/α-hetero) is 1. The largest absolute Gasteiger partial charge is 0.298 e.